The summed E-state index contributed by atoms with van der Waals surface area (Å²) in [5, 5.41) is 22.5. The molecule has 0 saturated heterocycles. The van der Waals surface area contributed by atoms with Gasteiger partial charge < -0.3 is 22.2 Å². The summed E-state index contributed by atoms with van der Waals surface area (Å²) in [5.74, 6) is 0.434. The lowest BCUT2D eigenvalue weighted by Crippen LogP contribution is -2.45. The summed E-state index contributed by atoms with van der Waals surface area (Å²) in [5.41, 5.74) is 20.3. The lowest BCUT2D eigenvalue weighted by Gasteiger charge is -2.21. The van der Waals surface area contributed by atoms with E-state index in [2.05, 4.69) is 35.3 Å². The molecule has 0 aliphatic rings. The number of para-hydroxylation sites is 1. The molecule has 1 atom stereocenters. The summed E-state index contributed by atoms with van der Waals surface area (Å²) in [4.78, 5) is 7.70. The number of aromatic nitrogens is 6. The highest BCUT2D eigenvalue weighted by molar-refractivity contribution is 8.13. The molecular weight excluding hydrogens is 478 g/mol. The van der Waals surface area contributed by atoms with E-state index in [9.17, 15) is 8.42 Å². The van der Waals surface area contributed by atoms with E-state index < -0.39 is 26.7 Å². The van der Waals surface area contributed by atoms with Crippen LogP contribution in [0, 0.1) is 0 Å². The van der Waals surface area contributed by atoms with Gasteiger partial charge in [-0.05, 0) is 35.2 Å². The van der Waals surface area contributed by atoms with Gasteiger partial charge in [0.05, 0.1) is 15.9 Å². The van der Waals surface area contributed by atoms with Gasteiger partial charge in [-0.15, -0.1) is 10.2 Å². The van der Waals surface area contributed by atoms with Crippen LogP contribution in [-0.4, -0.2) is 63.5 Å². The van der Waals surface area contributed by atoms with Crippen molar-refractivity contribution in [1.82, 2.24) is 35.3 Å². The first-order chi connectivity index (χ1) is 16.3. The number of nitrogen functional groups attached to an aromatic ring is 1. The van der Waals surface area contributed by atoms with E-state index in [0.29, 0.717) is 27.1 Å². The van der Waals surface area contributed by atoms with E-state index >= 15 is 0 Å². The molecule has 0 radical (unpaired) electrons. The van der Waals surface area contributed by atoms with E-state index in [0.717, 1.165) is 5.52 Å². The van der Waals surface area contributed by atoms with Crippen molar-refractivity contribution in [2.24, 2.45) is 16.6 Å². The third kappa shape index (κ3) is 4.31. The summed E-state index contributed by atoms with van der Waals surface area (Å²) >= 11 is 0. The standard InChI is InChI=1S/C19H25N11O2S2/c1-2-33(23)17-14(34(31,32)28-10(8-20)9-21)7-6-11(15(17)18-26-29-30-27-18)12-4-3-5-13-16(12)25-19(22)24-13/h2-7,10,28H,8-9,20-21,23H2,1H3,(H3,22,24,25)(H,26,27,29,30). The number of nitrogens with one attached hydrogen (secondary N) is 3. The molecule has 0 fully saturated rings. The summed E-state index contributed by atoms with van der Waals surface area (Å²) in [7, 11) is -5.16. The Kier molecular flexibility index (Phi) is 6.74. The Morgan fingerprint density at radius 2 is 1.94 bits per heavy atom. The average Bonchev–Trinajstić information content (AvgIpc) is 3.49. The molecule has 34 heavy (non-hydrogen) atoms. The van der Waals surface area contributed by atoms with Crippen molar-refractivity contribution < 1.29 is 8.42 Å². The fourth-order valence-electron chi connectivity index (χ4n) is 3.59. The number of rotatable bonds is 8. The van der Waals surface area contributed by atoms with Gasteiger partial charge in [-0.25, -0.2) is 18.1 Å². The van der Waals surface area contributed by atoms with Crippen LogP contribution < -0.4 is 27.1 Å². The number of nitrogens with zero attached hydrogens (tertiary/aromatic N) is 4. The fourth-order valence-corrected chi connectivity index (χ4v) is 6.53. The summed E-state index contributed by atoms with van der Waals surface area (Å²) in [6, 6.07) is 8.04. The Balaban J connectivity index is 2.08. The molecule has 15 heteroatoms. The Morgan fingerprint density at radius 3 is 2.59 bits per heavy atom. The molecule has 11 N–H and O–H groups in total. The third-order valence-electron chi connectivity index (χ3n) is 5.18. The predicted octanol–water partition coefficient (Wildman–Crippen LogP) is -0.120. The minimum absolute atomic E-state index is 0.0272. The van der Waals surface area contributed by atoms with Crippen LogP contribution in [0.25, 0.3) is 33.5 Å². The number of imidazole rings is 1. The highest BCUT2D eigenvalue weighted by Crippen LogP contribution is 2.43. The maximum atomic E-state index is 13.4. The zero-order valence-corrected chi connectivity index (χ0v) is 19.8. The molecule has 4 rings (SSSR count). The molecule has 0 aliphatic heterocycles. The molecule has 2 aromatic carbocycles. The van der Waals surface area contributed by atoms with Crippen molar-refractivity contribution in [1.29, 1.82) is 0 Å². The Hall–Kier alpha value is -3.21. The number of hydrogen-bond donors (Lipinski definition) is 7. The maximum absolute atomic E-state index is 13.4. The second-order valence-corrected chi connectivity index (χ2v) is 10.6. The molecule has 4 aromatic rings. The van der Waals surface area contributed by atoms with Crippen LogP contribution in [0.1, 0.15) is 6.92 Å². The minimum Gasteiger partial charge on any atom is -0.369 e. The van der Waals surface area contributed by atoms with Gasteiger partial charge in [0.1, 0.15) is 0 Å². The van der Waals surface area contributed by atoms with E-state index in [-0.39, 0.29) is 29.8 Å². The molecule has 13 nitrogen and oxygen atoms in total. The van der Waals surface area contributed by atoms with E-state index in [4.69, 9.17) is 22.3 Å². The lowest BCUT2D eigenvalue weighted by atomic mass is 9.98. The molecule has 0 saturated carbocycles. The summed E-state index contributed by atoms with van der Waals surface area (Å²) < 4.78 is 29.4. The van der Waals surface area contributed by atoms with Gasteiger partial charge in [-0.2, -0.15) is 5.21 Å². The number of H-pyrrole nitrogens is 2. The fraction of sp³-hybridized carbons (Fsp3) is 0.211. The van der Waals surface area contributed by atoms with Crippen molar-refractivity contribution in [3.8, 4) is 22.5 Å². The van der Waals surface area contributed by atoms with Crippen LogP contribution in [-0.2, 0) is 10.0 Å². The highest BCUT2D eigenvalue weighted by atomic mass is 32.2. The van der Waals surface area contributed by atoms with Gasteiger partial charge in [0.15, 0.2) is 5.95 Å². The number of sulfonamides is 1. The van der Waals surface area contributed by atoms with Crippen molar-refractivity contribution in [2.45, 2.75) is 22.8 Å². The zero-order chi connectivity index (χ0) is 24.5. The highest BCUT2D eigenvalue weighted by Gasteiger charge is 2.29. The van der Waals surface area contributed by atoms with E-state index in [1.807, 2.05) is 18.2 Å². The van der Waals surface area contributed by atoms with Gasteiger partial charge >= 0.3 is 0 Å². The maximum Gasteiger partial charge on any atom is 0.242 e. The minimum atomic E-state index is -4.05. The summed E-state index contributed by atoms with van der Waals surface area (Å²) in [6.07, 6.45) is 0. The predicted molar refractivity (Wildman–Crippen MR) is 133 cm³/mol. The molecule has 2 heterocycles. The van der Waals surface area contributed by atoms with Gasteiger partial charge in [-0.1, -0.05) is 28.9 Å². The van der Waals surface area contributed by atoms with Crippen LogP contribution in [0.3, 0.4) is 0 Å². The first kappa shape index (κ1) is 23.9. The van der Waals surface area contributed by atoms with Gasteiger partial charge in [0.2, 0.25) is 15.8 Å². The number of hydrogen-bond acceptors (Lipinski definition) is 10. The number of tetrazole rings is 1. The quantitative estimate of drug-likeness (QED) is 0.157. The number of aromatic amines is 2. The molecular formula is C19H25N11O2S2. The summed E-state index contributed by atoms with van der Waals surface area (Å²) in [6.45, 7) is 1.83. The Labute approximate surface area is 197 Å². The van der Waals surface area contributed by atoms with Crippen LogP contribution in [0.5, 0.6) is 0 Å². The first-order valence-electron chi connectivity index (χ1n) is 10.2. The van der Waals surface area contributed by atoms with Crippen LogP contribution in [0.15, 0.2) is 40.1 Å². The average molecular weight is 504 g/mol. The normalized spacial score (nSPS) is 13.2. The molecule has 0 aliphatic carbocycles. The molecule has 1 unspecified atom stereocenters. The number of nitrogens with two attached hydrogens (primary N) is 4. The van der Waals surface area contributed by atoms with Gasteiger partial charge in [-0.3, -0.25) is 5.14 Å². The van der Waals surface area contributed by atoms with Crippen LogP contribution in [0.4, 0.5) is 5.95 Å². The van der Waals surface area contributed by atoms with Crippen LogP contribution >= 0.6 is 10.7 Å². The zero-order valence-electron chi connectivity index (χ0n) is 18.2. The van der Waals surface area contributed by atoms with E-state index in [1.54, 1.807) is 18.4 Å². The second-order valence-electron chi connectivity index (χ2n) is 7.27. The van der Waals surface area contributed by atoms with Crippen molar-refractivity contribution >= 4 is 43.0 Å². The molecule has 2 aromatic heterocycles. The van der Waals surface area contributed by atoms with Crippen molar-refractivity contribution in [3.05, 3.63) is 30.3 Å². The van der Waals surface area contributed by atoms with Gasteiger partial charge in [0.25, 0.3) is 0 Å². The lowest BCUT2D eigenvalue weighted by molar-refractivity contribution is 0.550. The molecule has 180 valence electrons. The Bertz CT molecular complexity index is 1460. The first-order valence-corrected chi connectivity index (χ1v) is 13.0. The van der Waals surface area contributed by atoms with Gasteiger partial charge in [0, 0.05) is 35.2 Å². The monoisotopic (exact) mass is 503 g/mol. The number of fused-ring (bicyclic) bond motifs is 1. The van der Waals surface area contributed by atoms with E-state index in [1.165, 1.54) is 6.07 Å². The van der Waals surface area contributed by atoms with Crippen LogP contribution in [0.2, 0.25) is 0 Å². The largest absolute Gasteiger partial charge is 0.369 e. The molecule has 0 amide bonds. The molecule has 0 bridgehead atoms. The number of anilines is 1. The molecule has 0 spiro atoms. The third-order valence-corrected chi connectivity index (χ3v) is 8.28. The Morgan fingerprint density at radius 1 is 1.18 bits per heavy atom. The second kappa shape index (κ2) is 9.57. The SMILES string of the molecule is C/C=S(/N)c1c(S(=O)(=O)NC(CN)CN)ccc(-c2cccc3[nH]c(N)nc23)c1-c1nn[nH]n1. The van der Waals surface area contributed by atoms with Crippen molar-refractivity contribution in [3.63, 3.8) is 0 Å². The topological polar surface area (TPSA) is 233 Å². The smallest absolute Gasteiger partial charge is 0.242 e. The van der Waals surface area contributed by atoms with Crippen molar-refractivity contribution in [2.75, 3.05) is 18.8 Å². The number of benzene rings is 2.